The van der Waals surface area contributed by atoms with E-state index in [1.165, 1.54) is 18.4 Å². The topological polar surface area (TPSA) is 56.5 Å². The molecule has 0 saturated carbocycles. The van der Waals surface area contributed by atoms with Crippen molar-refractivity contribution in [2.45, 2.75) is 6.92 Å². The highest BCUT2D eigenvalue weighted by molar-refractivity contribution is 9.10. The van der Waals surface area contributed by atoms with Gasteiger partial charge in [0, 0.05) is 10.5 Å². The van der Waals surface area contributed by atoms with Crippen LogP contribution in [0.1, 0.15) is 12.5 Å². The molecule has 0 aliphatic carbocycles. The molecule has 2 rings (SSSR count). The van der Waals surface area contributed by atoms with Gasteiger partial charge in [-0.1, -0.05) is 15.9 Å². The number of hydrogen-bond acceptors (Lipinski definition) is 4. The Kier molecular flexibility index (Phi) is 4.16. The second kappa shape index (κ2) is 5.84. The van der Waals surface area contributed by atoms with Crippen molar-refractivity contribution in [3.05, 3.63) is 50.8 Å². The van der Waals surface area contributed by atoms with Crippen LogP contribution in [0.15, 0.2) is 44.2 Å². The number of ether oxygens (including phenoxy) is 1. The number of fused-ring (bicyclic) bond motifs is 1. The third kappa shape index (κ3) is 3.12. The second-order valence-corrected chi connectivity index (χ2v) is 4.66. The highest BCUT2D eigenvalue weighted by atomic mass is 79.9. The maximum atomic E-state index is 12.2. The molecule has 1 aromatic heterocycles. The van der Waals surface area contributed by atoms with Crippen LogP contribution in [0.3, 0.4) is 0 Å². The summed E-state index contributed by atoms with van der Waals surface area (Å²) < 4.78 is 10.9. The molecule has 98 valence electrons. The van der Waals surface area contributed by atoms with Crippen LogP contribution in [0.4, 0.5) is 0 Å². The van der Waals surface area contributed by atoms with Crippen molar-refractivity contribution in [2.24, 2.45) is 0 Å². The molecule has 0 amide bonds. The van der Waals surface area contributed by atoms with E-state index >= 15 is 0 Å². The molecule has 0 spiro atoms. The molecular formula is C14H11BrO4. The molecule has 1 heterocycles. The van der Waals surface area contributed by atoms with Gasteiger partial charge in [-0.2, -0.15) is 0 Å². The Bertz CT molecular complexity index is 700. The number of rotatable bonds is 3. The van der Waals surface area contributed by atoms with Crippen LogP contribution in [0.5, 0.6) is 0 Å². The van der Waals surface area contributed by atoms with E-state index in [0.717, 1.165) is 4.47 Å². The highest BCUT2D eigenvalue weighted by Crippen LogP contribution is 2.17. The van der Waals surface area contributed by atoms with Gasteiger partial charge < -0.3 is 9.15 Å². The zero-order valence-electron chi connectivity index (χ0n) is 10.2. The Labute approximate surface area is 117 Å². The summed E-state index contributed by atoms with van der Waals surface area (Å²) in [7, 11) is 0. The standard InChI is InChI=1S/C14H11BrO4/c1-2-18-13(16)6-3-9-8-19-12-5-4-10(15)7-11(12)14(9)17/h3-8H,2H2,1H3. The molecular weight excluding hydrogens is 312 g/mol. The van der Waals surface area contributed by atoms with Crippen LogP contribution in [0.25, 0.3) is 17.0 Å². The van der Waals surface area contributed by atoms with Crippen LogP contribution in [0, 0.1) is 0 Å². The van der Waals surface area contributed by atoms with Gasteiger partial charge in [0.05, 0.1) is 17.6 Å². The molecule has 1 aromatic carbocycles. The molecule has 0 bridgehead atoms. The van der Waals surface area contributed by atoms with E-state index in [4.69, 9.17) is 9.15 Å². The highest BCUT2D eigenvalue weighted by Gasteiger charge is 2.05. The fourth-order valence-corrected chi connectivity index (χ4v) is 1.94. The van der Waals surface area contributed by atoms with Gasteiger partial charge in [-0.3, -0.25) is 4.79 Å². The predicted molar refractivity (Wildman–Crippen MR) is 75.9 cm³/mol. The summed E-state index contributed by atoms with van der Waals surface area (Å²) in [6, 6.07) is 5.18. The third-order valence-corrected chi connectivity index (χ3v) is 2.94. The van der Waals surface area contributed by atoms with Crippen LogP contribution in [-0.2, 0) is 9.53 Å². The van der Waals surface area contributed by atoms with E-state index in [1.807, 2.05) is 0 Å². The first kappa shape index (κ1) is 13.5. The molecule has 4 nitrogen and oxygen atoms in total. The van der Waals surface area contributed by atoms with E-state index < -0.39 is 5.97 Å². The van der Waals surface area contributed by atoms with Crippen molar-refractivity contribution in [3.8, 4) is 0 Å². The van der Waals surface area contributed by atoms with Crippen molar-refractivity contribution >= 4 is 38.9 Å². The molecule has 5 heteroatoms. The molecule has 0 aliphatic rings. The zero-order valence-corrected chi connectivity index (χ0v) is 11.8. The van der Waals surface area contributed by atoms with Gasteiger partial charge in [0.15, 0.2) is 5.43 Å². The van der Waals surface area contributed by atoms with E-state index in [1.54, 1.807) is 25.1 Å². The van der Waals surface area contributed by atoms with Crippen molar-refractivity contribution in [3.63, 3.8) is 0 Å². The average Bonchev–Trinajstić information content (AvgIpc) is 2.39. The summed E-state index contributed by atoms with van der Waals surface area (Å²) in [6.07, 6.45) is 3.93. The molecule has 2 aromatic rings. The Balaban J connectivity index is 2.43. The van der Waals surface area contributed by atoms with E-state index in [0.29, 0.717) is 23.1 Å². The lowest BCUT2D eigenvalue weighted by Gasteiger charge is -1.99. The summed E-state index contributed by atoms with van der Waals surface area (Å²) in [5.74, 6) is -0.490. The Morgan fingerprint density at radius 3 is 3.00 bits per heavy atom. The summed E-state index contributed by atoms with van der Waals surface area (Å²) in [5.41, 5.74) is 0.614. The number of benzene rings is 1. The minimum Gasteiger partial charge on any atom is -0.463 e. The normalized spacial score (nSPS) is 11.1. The number of halogens is 1. The quantitative estimate of drug-likeness (QED) is 0.643. The van der Waals surface area contributed by atoms with E-state index in [2.05, 4.69) is 15.9 Å². The largest absolute Gasteiger partial charge is 0.463 e. The predicted octanol–water partition coefficient (Wildman–Crippen LogP) is 3.13. The maximum absolute atomic E-state index is 12.2. The van der Waals surface area contributed by atoms with Crippen molar-refractivity contribution in [1.82, 2.24) is 0 Å². The SMILES string of the molecule is CCOC(=O)C=Cc1coc2ccc(Br)cc2c1=O. The molecule has 0 N–H and O–H groups in total. The van der Waals surface area contributed by atoms with Crippen molar-refractivity contribution < 1.29 is 13.9 Å². The fraction of sp³-hybridized carbons (Fsp3) is 0.143. The van der Waals surface area contributed by atoms with Crippen molar-refractivity contribution in [1.29, 1.82) is 0 Å². The molecule has 0 radical (unpaired) electrons. The Hall–Kier alpha value is -1.88. The average molecular weight is 323 g/mol. The second-order valence-electron chi connectivity index (χ2n) is 3.75. The molecule has 0 unspecified atom stereocenters. The summed E-state index contributed by atoms with van der Waals surface area (Å²) in [6.45, 7) is 2.01. The third-order valence-electron chi connectivity index (χ3n) is 2.45. The first-order valence-corrected chi connectivity index (χ1v) is 6.47. The van der Waals surface area contributed by atoms with E-state index in [-0.39, 0.29) is 5.43 Å². The lowest BCUT2D eigenvalue weighted by atomic mass is 10.1. The Morgan fingerprint density at radius 1 is 1.47 bits per heavy atom. The number of carbonyl (C=O) groups excluding carboxylic acids is 1. The molecule has 0 saturated heterocycles. The van der Waals surface area contributed by atoms with Gasteiger partial charge in [0.2, 0.25) is 0 Å². The smallest absolute Gasteiger partial charge is 0.330 e. The van der Waals surface area contributed by atoms with Gasteiger partial charge in [-0.15, -0.1) is 0 Å². The van der Waals surface area contributed by atoms with Crippen LogP contribution >= 0.6 is 15.9 Å². The lowest BCUT2D eigenvalue weighted by Crippen LogP contribution is -2.05. The van der Waals surface area contributed by atoms with Gasteiger partial charge >= 0.3 is 5.97 Å². The van der Waals surface area contributed by atoms with Gasteiger partial charge in [-0.05, 0) is 31.2 Å². The van der Waals surface area contributed by atoms with Gasteiger partial charge in [-0.25, -0.2) is 4.79 Å². The number of carbonyl (C=O) groups is 1. The zero-order chi connectivity index (χ0) is 13.8. The summed E-state index contributed by atoms with van der Waals surface area (Å²) >= 11 is 3.30. The van der Waals surface area contributed by atoms with Gasteiger partial charge in [0.1, 0.15) is 11.8 Å². The molecule has 19 heavy (non-hydrogen) atoms. The minimum absolute atomic E-state index is 0.192. The first-order chi connectivity index (χ1) is 9.11. The Morgan fingerprint density at radius 2 is 2.26 bits per heavy atom. The lowest BCUT2D eigenvalue weighted by molar-refractivity contribution is -0.137. The fourth-order valence-electron chi connectivity index (χ4n) is 1.58. The summed E-state index contributed by atoms with van der Waals surface area (Å²) in [4.78, 5) is 23.4. The maximum Gasteiger partial charge on any atom is 0.330 e. The monoisotopic (exact) mass is 322 g/mol. The van der Waals surface area contributed by atoms with Gasteiger partial charge in [0.25, 0.3) is 0 Å². The minimum atomic E-state index is -0.490. The molecule has 0 aliphatic heterocycles. The van der Waals surface area contributed by atoms with Crippen molar-refractivity contribution in [2.75, 3.05) is 6.61 Å². The molecule has 0 atom stereocenters. The van der Waals surface area contributed by atoms with Crippen LogP contribution in [-0.4, -0.2) is 12.6 Å². The van der Waals surface area contributed by atoms with Crippen LogP contribution < -0.4 is 5.43 Å². The summed E-state index contributed by atoms with van der Waals surface area (Å²) in [5, 5.41) is 0.459. The first-order valence-electron chi connectivity index (χ1n) is 5.67. The van der Waals surface area contributed by atoms with E-state index in [9.17, 15) is 9.59 Å². The van der Waals surface area contributed by atoms with Crippen LogP contribution in [0.2, 0.25) is 0 Å². The molecule has 0 fully saturated rings. The number of hydrogen-bond donors (Lipinski definition) is 0. The number of esters is 1.